The number of nitrogens with one attached hydrogen (secondary N) is 2. The molecular formula is C26H25ClN4O4S. The summed E-state index contributed by atoms with van der Waals surface area (Å²) >= 11 is 6.23. The normalized spacial score (nSPS) is 12.2. The van der Waals surface area contributed by atoms with Crippen molar-refractivity contribution >= 4 is 33.2 Å². The minimum atomic E-state index is -4.30. The van der Waals surface area contributed by atoms with Crippen molar-refractivity contribution in [2.45, 2.75) is 24.8 Å². The van der Waals surface area contributed by atoms with Gasteiger partial charge < -0.3 is 5.32 Å². The van der Waals surface area contributed by atoms with E-state index in [1.54, 1.807) is 42.9 Å². The Kier molecular flexibility index (Phi) is 7.05. The van der Waals surface area contributed by atoms with Crippen molar-refractivity contribution in [2.24, 2.45) is 7.05 Å². The zero-order valence-corrected chi connectivity index (χ0v) is 21.5. The van der Waals surface area contributed by atoms with E-state index in [1.807, 2.05) is 43.3 Å². The minimum Gasteiger partial charge on any atom is -0.346 e. The number of carbonyl (C=O) groups excluding carboxylic acids is 1. The first kappa shape index (κ1) is 25.3. The van der Waals surface area contributed by atoms with Crippen molar-refractivity contribution in [1.29, 1.82) is 0 Å². The molecule has 0 unspecified atom stereocenters. The fourth-order valence-electron chi connectivity index (χ4n) is 3.83. The number of hydrogen-bond donors (Lipinski definition) is 2. The predicted octanol–water partition coefficient (Wildman–Crippen LogP) is 4.43. The van der Waals surface area contributed by atoms with Crippen LogP contribution in [0.15, 0.2) is 88.6 Å². The Morgan fingerprint density at radius 1 is 0.972 bits per heavy atom. The van der Waals surface area contributed by atoms with E-state index in [0.29, 0.717) is 11.4 Å². The summed E-state index contributed by atoms with van der Waals surface area (Å²) in [6, 6.07) is 22.0. The van der Waals surface area contributed by atoms with Gasteiger partial charge in [0.1, 0.15) is 10.6 Å². The number of carbonyl (C=O) groups is 1. The molecular weight excluding hydrogens is 500 g/mol. The first-order valence-electron chi connectivity index (χ1n) is 11.1. The second-order valence-corrected chi connectivity index (χ2v) is 10.4. The number of halogens is 1. The van der Waals surface area contributed by atoms with Crippen molar-refractivity contribution < 1.29 is 13.2 Å². The van der Waals surface area contributed by atoms with E-state index < -0.39 is 21.5 Å². The second kappa shape index (κ2) is 10.0. The molecule has 4 rings (SSSR count). The van der Waals surface area contributed by atoms with Gasteiger partial charge in [0.05, 0.1) is 22.4 Å². The highest BCUT2D eigenvalue weighted by molar-refractivity contribution is 7.92. The Morgan fingerprint density at radius 2 is 1.58 bits per heavy atom. The SMILES string of the molecule is Cc1c(NS(=O)(=O)c2cc(C(=O)N[C@@H](C)c3ccccc3)ccc2Cl)c(=O)n(-c2ccccc2)n1C. The molecule has 1 atom stereocenters. The predicted molar refractivity (Wildman–Crippen MR) is 140 cm³/mol. The lowest BCUT2D eigenvalue weighted by Crippen LogP contribution is -2.27. The molecule has 0 bridgehead atoms. The molecule has 0 aliphatic rings. The number of anilines is 1. The molecule has 4 aromatic rings. The maximum atomic E-state index is 13.3. The largest absolute Gasteiger partial charge is 0.346 e. The number of benzene rings is 3. The molecule has 2 N–H and O–H groups in total. The molecule has 1 aromatic heterocycles. The summed E-state index contributed by atoms with van der Waals surface area (Å²) in [6.45, 7) is 3.47. The van der Waals surface area contributed by atoms with E-state index in [0.717, 1.165) is 5.56 Å². The van der Waals surface area contributed by atoms with Crippen LogP contribution in [-0.4, -0.2) is 23.7 Å². The number of nitrogens with zero attached hydrogens (tertiary/aromatic N) is 2. The first-order chi connectivity index (χ1) is 17.1. The molecule has 3 aromatic carbocycles. The molecule has 1 amide bonds. The molecule has 8 nitrogen and oxygen atoms in total. The standard InChI is InChI=1S/C26H25ClN4O4S/c1-17(19-10-6-4-7-11-19)28-25(32)20-14-15-22(27)23(16-20)36(34,35)29-24-18(2)30(3)31(26(24)33)21-12-8-5-9-13-21/h4-17,29H,1-3H3,(H,28,32)/t17-/m0/s1. The van der Waals surface area contributed by atoms with Crippen LogP contribution in [0, 0.1) is 6.92 Å². The lowest BCUT2D eigenvalue weighted by atomic mass is 10.1. The molecule has 0 saturated heterocycles. The highest BCUT2D eigenvalue weighted by Gasteiger charge is 2.25. The van der Waals surface area contributed by atoms with Gasteiger partial charge in [-0.2, -0.15) is 0 Å². The van der Waals surface area contributed by atoms with Gasteiger partial charge in [-0.15, -0.1) is 0 Å². The molecule has 10 heteroatoms. The third-order valence-corrected chi connectivity index (χ3v) is 7.75. The topological polar surface area (TPSA) is 102 Å². The number of hydrogen-bond acceptors (Lipinski definition) is 4. The summed E-state index contributed by atoms with van der Waals surface area (Å²) in [5, 5.41) is 2.78. The molecule has 0 aliphatic carbocycles. The fourth-order valence-corrected chi connectivity index (χ4v) is 5.47. The zero-order chi connectivity index (χ0) is 26.0. The summed E-state index contributed by atoms with van der Waals surface area (Å²) in [5.74, 6) is -0.457. The van der Waals surface area contributed by atoms with Crippen molar-refractivity contribution in [3.05, 3.63) is 111 Å². The Hall–Kier alpha value is -3.82. The smallest absolute Gasteiger partial charge is 0.296 e. The van der Waals surface area contributed by atoms with Crippen LogP contribution in [0.5, 0.6) is 0 Å². The van der Waals surface area contributed by atoms with Gasteiger partial charge >= 0.3 is 0 Å². The van der Waals surface area contributed by atoms with E-state index >= 15 is 0 Å². The Balaban J connectivity index is 1.65. The highest BCUT2D eigenvalue weighted by Crippen LogP contribution is 2.26. The summed E-state index contributed by atoms with van der Waals surface area (Å²) in [4.78, 5) is 25.7. The van der Waals surface area contributed by atoms with Crippen molar-refractivity contribution in [1.82, 2.24) is 14.7 Å². The first-order valence-corrected chi connectivity index (χ1v) is 13.0. The lowest BCUT2D eigenvalue weighted by Gasteiger charge is -2.15. The van der Waals surface area contributed by atoms with E-state index in [9.17, 15) is 18.0 Å². The van der Waals surface area contributed by atoms with Gasteiger partial charge in [-0.05, 0) is 49.7 Å². The van der Waals surface area contributed by atoms with Crippen molar-refractivity contribution in [3.63, 3.8) is 0 Å². The second-order valence-electron chi connectivity index (χ2n) is 8.29. The Morgan fingerprint density at radius 3 is 2.22 bits per heavy atom. The van der Waals surface area contributed by atoms with Gasteiger partial charge in [-0.3, -0.25) is 19.0 Å². The van der Waals surface area contributed by atoms with Crippen LogP contribution in [0.2, 0.25) is 5.02 Å². The monoisotopic (exact) mass is 524 g/mol. The average Bonchev–Trinajstić information content (AvgIpc) is 3.07. The van der Waals surface area contributed by atoms with Crippen molar-refractivity contribution in [2.75, 3.05) is 4.72 Å². The average molecular weight is 525 g/mol. The van der Waals surface area contributed by atoms with Crippen LogP contribution in [0.25, 0.3) is 5.69 Å². The summed E-state index contributed by atoms with van der Waals surface area (Å²) in [6.07, 6.45) is 0. The lowest BCUT2D eigenvalue weighted by molar-refractivity contribution is 0.0939. The van der Waals surface area contributed by atoms with Crippen molar-refractivity contribution in [3.8, 4) is 5.69 Å². The molecule has 1 heterocycles. The maximum absolute atomic E-state index is 13.3. The van der Waals surface area contributed by atoms with E-state index in [2.05, 4.69) is 10.0 Å². The number of amides is 1. The van der Waals surface area contributed by atoms with Crippen LogP contribution in [0.1, 0.15) is 34.6 Å². The highest BCUT2D eigenvalue weighted by atomic mass is 35.5. The van der Waals surface area contributed by atoms with E-state index in [1.165, 1.54) is 22.9 Å². The van der Waals surface area contributed by atoms with Crippen LogP contribution >= 0.6 is 11.6 Å². The summed E-state index contributed by atoms with van der Waals surface area (Å²) in [7, 11) is -2.64. The number of para-hydroxylation sites is 1. The summed E-state index contributed by atoms with van der Waals surface area (Å²) < 4.78 is 31.9. The molecule has 36 heavy (non-hydrogen) atoms. The third kappa shape index (κ3) is 4.93. The van der Waals surface area contributed by atoms with Gasteiger partial charge in [-0.25, -0.2) is 13.1 Å². The number of aromatic nitrogens is 2. The van der Waals surface area contributed by atoms with Gasteiger partial charge in [0, 0.05) is 12.6 Å². The van der Waals surface area contributed by atoms with Crippen LogP contribution in [-0.2, 0) is 17.1 Å². The van der Waals surface area contributed by atoms with E-state index in [4.69, 9.17) is 11.6 Å². The zero-order valence-electron chi connectivity index (χ0n) is 19.9. The van der Waals surface area contributed by atoms with Crippen LogP contribution < -0.4 is 15.6 Å². The third-order valence-electron chi connectivity index (χ3n) is 5.92. The maximum Gasteiger partial charge on any atom is 0.296 e. The molecule has 0 saturated carbocycles. The number of sulfonamides is 1. The summed E-state index contributed by atoms with van der Waals surface area (Å²) in [5.41, 5.74) is 1.38. The quantitative estimate of drug-likeness (QED) is 0.373. The Bertz CT molecular complexity index is 1580. The van der Waals surface area contributed by atoms with Gasteiger partial charge in [0.2, 0.25) is 0 Å². The van der Waals surface area contributed by atoms with E-state index in [-0.39, 0.29) is 27.2 Å². The molecule has 0 spiro atoms. The molecule has 0 fully saturated rings. The fraction of sp³-hybridized carbons (Fsp3) is 0.154. The number of rotatable bonds is 7. The molecule has 0 aliphatic heterocycles. The molecule has 186 valence electrons. The van der Waals surface area contributed by atoms with Gasteiger partial charge in [-0.1, -0.05) is 60.1 Å². The Labute approximate surface area is 214 Å². The van der Waals surface area contributed by atoms with Crippen LogP contribution in [0.4, 0.5) is 5.69 Å². The van der Waals surface area contributed by atoms with Gasteiger partial charge in [0.15, 0.2) is 0 Å². The molecule has 0 radical (unpaired) electrons. The minimum absolute atomic E-state index is 0.0767. The van der Waals surface area contributed by atoms with Gasteiger partial charge in [0.25, 0.3) is 21.5 Å². The van der Waals surface area contributed by atoms with Crippen LogP contribution in [0.3, 0.4) is 0 Å².